The van der Waals surface area contributed by atoms with Crippen molar-refractivity contribution in [3.63, 3.8) is 0 Å². The molecule has 0 amide bonds. The van der Waals surface area contributed by atoms with E-state index in [0.717, 1.165) is 11.1 Å². The third kappa shape index (κ3) is 1.94. The average Bonchev–Trinajstić information content (AvgIpc) is 2.99. The fourth-order valence-corrected chi connectivity index (χ4v) is 1.22. The number of aromatic nitrogens is 1. The quantitative estimate of drug-likeness (QED) is 0.639. The highest BCUT2D eigenvalue weighted by Crippen LogP contribution is 2.32. The van der Waals surface area contributed by atoms with Crippen molar-refractivity contribution in [3.8, 4) is 6.07 Å². The standard InChI is InChI=1S/C11H10N2/c12-7-11(6-9-3-4-9)10-2-1-5-13-8-10/h1-2,5-6,8-9H,3-4H2/b11-6-. The molecule has 0 aromatic carbocycles. The van der Waals surface area contributed by atoms with Crippen molar-refractivity contribution in [2.24, 2.45) is 5.92 Å². The van der Waals surface area contributed by atoms with E-state index < -0.39 is 0 Å². The van der Waals surface area contributed by atoms with Crippen LogP contribution in [0.2, 0.25) is 0 Å². The Bertz CT molecular complexity index is 355. The lowest BCUT2D eigenvalue weighted by Crippen LogP contribution is -1.83. The van der Waals surface area contributed by atoms with Crippen molar-refractivity contribution < 1.29 is 0 Å². The predicted molar refractivity (Wildman–Crippen MR) is 50.6 cm³/mol. The molecule has 0 aliphatic heterocycles. The van der Waals surface area contributed by atoms with Crippen LogP contribution in [0.5, 0.6) is 0 Å². The van der Waals surface area contributed by atoms with Gasteiger partial charge >= 0.3 is 0 Å². The Kier molecular flexibility index (Phi) is 2.09. The molecular weight excluding hydrogens is 160 g/mol. The molecule has 1 fully saturated rings. The van der Waals surface area contributed by atoms with Gasteiger partial charge in [0.1, 0.15) is 0 Å². The van der Waals surface area contributed by atoms with Crippen LogP contribution >= 0.6 is 0 Å². The van der Waals surface area contributed by atoms with Crippen molar-refractivity contribution >= 4 is 5.57 Å². The third-order valence-electron chi connectivity index (χ3n) is 2.12. The average molecular weight is 170 g/mol. The Morgan fingerprint density at radius 2 is 2.46 bits per heavy atom. The summed E-state index contributed by atoms with van der Waals surface area (Å²) in [6.07, 6.45) is 7.96. The third-order valence-corrected chi connectivity index (χ3v) is 2.12. The van der Waals surface area contributed by atoms with Crippen LogP contribution in [-0.2, 0) is 0 Å². The zero-order valence-corrected chi connectivity index (χ0v) is 7.27. The molecule has 64 valence electrons. The zero-order valence-electron chi connectivity index (χ0n) is 7.27. The van der Waals surface area contributed by atoms with Gasteiger partial charge < -0.3 is 0 Å². The number of allylic oxidation sites excluding steroid dienone is 2. The normalized spacial score (nSPS) is 16.7. The first-order valence-corrected chi connectivity index (χ1v) is 4.42. The monoisotopic (exact) mass is 170 g/mol. The number of nitrogens with zero attached hydrogens (tertiary/aromatic N) is 2. The summed E-state index contributed by atoms with van der Waals surface area (Å²) < 4.78 is 0. The maximum absolute atomic E-state index is 8.91. The van der Waals surface area contributed by atoms with Crippen LogP contribution in [-0.4, -0.2) is 4.98 Å². The minimum Gasteiger partial charge on any atom is -0.264 e. The summed E-state index contributed by atoms with van der Waals surface area (Å²) in [5.41, 5.74) is 1.69. The van der Waals surface area contributed by atoms with Gasteiger partial charge in [-0.25, -0.2) is 0 Å². The molecule has 1 aliphatic rings. The molecule has 1 aliphatic carbocycles. The van der Waals surface area contributed by atoms with Crippen molar-refractivity contribution in [3.05, 3.63) is 36.2 Å². The highest BCUT2D eigenvalue weighted by molar-refractivity contribution is 5.76. The summed E-state index contributed by atoms with van der Waals surface area (Å²) in [5, 5.41) is 8.91. The zero-order chi connectivity index (χ0) is 9.10. The number of pyridine rings is 1. The van der Waals surface area contributed by atoms with Crippen LogP contribution in [0.4, 0.5) is 0 Å². The van der Waals surface area contributed by atoms with E-state index in [-0.39, 0.29) is 0 Å². The van der Waals surface area contributed by atoms with Crippen LogP contribution in [0.15, 0.2) is 30.6 Å². The van der Waals surface area contributed by atoms with Crippen LogP contribution in [0.3, 0.4) is 0 Å². The van der Waals surface area contributed by atoms with Gasteiger partial charge in [-0.05, 0) is 24.8 Å². The Morgan fingerprint density at radius 1 is 1.62 bits per heavy atom. The largest absolute Gasteiger partial charge is 0.264 e. The van der Waals surface area contributed by atoms with E-state index in [1.807, 2.05) is 12.1 Å². The summed E-state index contributed by atoms with van der Waals surface area (Å²) in [6.45, 7) is 0. The molecule has 0 N–H and O–H groups in total. The molecule has 0 unspecified atom stereocenters. The van der Waals surface area contributed by atoms with Crippen LogP contribution in [0.25, 0.3) is 5.57 Å². The van der Waals surface area contributed by atoms with E-state index in [1.165, 1.54) is 12.8 Å². The second-order valence-corrected chi connectivity index (χ2v) is 3.27. The molecule has 2 heteroatoms. The van der Waals surface area contributed by atoms with E-state index >= 15 is 0 Å². The number of hydrogen-bond donors (Lipinski definition) is 0. The van der Waals surface area contributed by atoms with Gasteiger partial charge in [-0.3, -0.25) is 4.98 Å². The molecule has 1 aromatic rings. The lowest BCUT2D eigenvalue weighted by molar-refractivity contribution is 1.13. The minimum absolute atomic E-state index is 0.634. The molecule has 0 radical (unpaired) electrons. The van der Waals surface area contributed by atoms with Gasteiger partial charge in [0.2, 0.25) is 0 Å². The van der Waals surface area contributed by atoms with Gasteiger partial charge in [0, 0.05) is 18.0 Å². The summed E-state index contributed by atoms with van der Waals surface area (Å²) in [4.78, 5) is 3.99. The summed E-state index contributed by atoms with van der Waals surface area (Å²) in [6, 6.07) is 5.99. The van der Waals surface area contributed by atoms with Crippen molar-refractivity contribution in [2.45, 2.75) is 12.8 Å². The van der Waals surface area contributed by atoms with Gasteiger partial charge in [-0.1, -0.05) is 12.1 Å². The molecular formula is C11H10N2. The van der Waals surface area contributed by atoms with E-state index in [1.54, 1.807) is 12.4 Å². The second kappa shape index (κ2) is 3.40. The molecule has 13 heavy (non-hydrogen) atoms. The fraction of sp³-hybridized carbons (Fsp3) is 0.273. The maximum Gasteiger partial charge on any atom is 0.0995 e. The molecule has 0 spiro atoms. The van der Waals surface area contributed by atoms with Gasteiger partial charge in [0.05, 0.1) is 11.6 Å². The van der Waals surface area contributed by atoms with Crippen LogP contribution in [0.1, 0.15) is 18.4 Å². The SMILES string of the molecule is N#C/C(=C/C1CC1)c1cccnc1. The van der Waals surface area contributed by atoms with Crippen molar-refractivity contribution in [2.75, 3.05) is 0 Å². The number of rotatable bonds is 2. The Labute approximate surface area is 77.5 Å². The van der Waals surface area contributed by atoms with Gasteiger partial charge in [0.15, 0.2) is 0 Å². The molecule has 1 heterocycles. The lowest BCUT2D eigenvalue weighted by Gasteiger charge is -1.95. The summed E-state index contributed by atoms with van der Waals surface area (Å²) in [5.74, 6) is 0.634. The van der Waals surface area contributed by atoms with E-state index in [9.17, 15) is 0 Å². The summed E-state index contributed by atoms with van der Waals surface area (Å²) >= 11 is 0. The maximum atomic E-state index is 8.91. The lowest BCUT2D eigenvalue weighted by atomic mass is 10.1. The molecule has 1 saturated carbocycles. The number of hydrogen-bond acceptors (Lipinski definition) is 2. The number of nitriles is 1. The van der Waals surface area contributed by atoms with Gasteiger partial charge in [0.25, 0.3) is 0 Å². The molecule has 2 nitrogen and oxygen atoms in total. The second-order valence-electron chi connectivity index (χ2n) is 3.27. The highest BCUT2D eigenvalue weighted by atomic mass is 14.6. The van der Waals surface area contributed by atoms with Gasteiger partial charge in [-0.15, -0.1) is 0 Å². The van der Waals surface area contributed by atoms with Crippen molar-refractivity contribution in [1.29, 1.82) is 5.26 Å². The fourth-order valence-electron chi connectivity index (χ4n) is 1.22. The molecule has 0 bridgehead atoms. The first-order valence-electron chi connectivity index (χ1n) is 4.42. The van der Waals surface area contributed by atoms with Crippen LogP contribution < -0.4 is 0 Å². The Balaban J connectivity index is 2.27. The molecule has 0 saturated heterocycles. The molecule has 1 aromatic heterocycles. The first kappa shape index (κ1) is 8.00. The van der Waals surface area contributed by atoms with E-state index in [4.69, 9.17) is 5.26 Å². The van der Waals surface area contributed by atoms with E-state index in [2.05, 4.69) is 17.1 Å². The van der Waals surface area contributed by atoms with E-state index in [0.29, 0.717) is 5.92 Å². The smallest absolute Gasteiger partial charge is 0.0995 e. The molecule has 0 atom stereocenters. The Hall–Kier alpha value is -1.62. The molecule has 2 rings (SSSR count). The highest BCUT2D eigenvalue weighted by Gasteiger charge is 2.19. The minimum atomic E-state index is 0.634. The predicted octanol–water partition coefficient (Wildman–Crippen LogP) is 2.40. The summed E-state index contributed by atoms with van der Waals surface area (Å²) in [7, 11) is 0. The van der Waals surface area contributed by atoms with Crippen molar-refractivity contribution in [1.82, 2.24) is 4.98 Å². The first-order chi connectivity index (χ1) is 6.40. The topological polar surface area (TPSA) is 36.7 Å². The Morgan fingerprint density at radius 3 is 3.00 bits per heavy atom. The van der Waals surface area contributed by atoms with Crippen LogP contribution in [0, 0.1) is 17.2 Å². The van der Waals surface area contributed by atoms with Gasteiger partial charge in [-0.2, -0.15) is 5.26 Å².